The Balaban J connectivity index is 3.54. The molecule has 0 radical (unpaired) electrons. The molecule has 0 aromatic carbocycles. The molecule has 0 heterocycles. The molecule has 1 aliphatic rings. The molecule has 1 fully saturated rings. The van der Waals surface area contributed by atoms with Crippen molar-refractivity contribution >= 4 is 14.3 Å². The van der Waals surface area contributed by atoms with Gasteiger partial charge in [-0.05, 0) is 62.1 Å². The van der Waals surface area contributed by atoms with Gasteiger partial charge in [0.25, 0.3) is 0 Å². The van der Waals surface area contributed by atoms with Crippen LogP contribution in [0.5, 0.6) is 0 Å². The van der Waals surface area contributed by atoms with Crippen molar-refractivity contribution in [2.24, 2.45) is 23.2 Å². The first-order valence-corrected chi connectivity index (χ1v) is 15.4. The summed E-state index contributed by atoms with van der Waals surface area (Å²) in [6.45, 7) is 25.2. The van der Waals surface area contributed by atoms with Gasteiger partial charge in [0.05, 0.1) is 18.8 Å². The van der Waals surface area contributed by atoms with E-state index in [4.69, 9.17) is 9.16 Å². The largest absolute Gasteiger partial charge is 0.456 e. The highest BCUT2D eigenvalue weighted by Crippen LogP contribution is 2.57. The molecule has 0 bridgehead atoms. The molecule has 5 nitrogen and oxygen atoms in total. The molecule has 0 amide bonds. The second-order valence-electron chi connectivity index (χ2n) is 11.8. The van der Waals surface area contributed by atoms with Crippen molar-refractivity contribution in [2.45, 2.75) is 105 Å². The highest BCUT2D eigenvalue weighted by Gasteiger charge is 2.61. The van der Waals surface area contributed by atoms with Gasteiger partial charge < -0.3 is 19.4 Å². The Kier molecular flexibility index (Phi) is 10.8. The van der Waals surface area contributed by atoms with Crippen LogP contribution in [0.1, 0.15) is 68.2 Å². The summed E-state index contributed by atoms with van der Waals surface area (Å²) in [7, 11) is -2.21. The van der Waals surface area contributed by atoms with Crippen molar-refractivity contribution in [3.63, 3.8) is 0 Å². The van der Waals surface area contributed by atoms with Crippen LogP contribution in [0.15, 0.2) is 24.3 Å². The van der Waals surface area contributed by atoms with Gasteiger partial charge >= 0.3 is 5.97 Å². The summed E-state index contributed by atoms with van der Waals surface area (Å²) in [6.07, 6.45) is 2.84. The van der Waals surface area contributed by atoms with Crippen LogP contribution in [0.4, 0.5) is 0 Å². The van der Waals surface area contributed by atoms with Crippen molar-refractivity contribution in [3.05, 3.63) is 24.3 Å². The molecule has 6 heteroatoms. The number of aliphatic hydroxyl groups excluding tert-OH is 2. The van der Waals surface area contributed by atoms with Crippen LogP contribution in [0, 0.1) is 35.0 Å². The molecule has 1 saturated carbocycles. The highest BCUT2D eigenvalue weighted by atomic mass is 28.4. The normalized spacial score (nSPS) is 28.9. The van der Waals surface area contributed by atoms with E-state index in [0.29, 0.717) is 0 Å². The lowest BCUT2D eigenvalue weighted by Crippen LogP contribution is -2.49. The average molecular weight is 493 g/mol. The predicted octanol–water partition coefficient (Wildman–Crippen LogP) is 5.49. The fourth-order valence-corrected chi connectivity index (χ4v) is 6.55. The Labute approximate surface area is 209 Å². The summed E-state index contributed by atoms with van der Waals surface area (Å²) in [4.78, 5) is 11.8. The third kappa shape index (κ3) is 7.07. The number of carbonyl (C=O) groups is 1. The predicted molar refractivity (Wildman–Crippen MR) is 142 cm³/mol. The van der Waals surface area contributed by atoms with Gasteiger partial charge in [0.2, 0.25) is 0 Å². The van der Waals surface area contributed by atoms with E-state index in [0.717, 1.165) is 12.8 Å². The first kappa shape index (κ1) is 30.6. The van der Waals surface area contributed by atoms with E-state index in [2.05, 4.69) is 80.0 Å². The molecule has 2 N–H and O–H groups in total. The second kappa shape index (κ2) is 12.0. The van der Waals surface area contributed by atoms with Crippen LogP contribution in [0.3, 0.4) is 0 Å². The maximum Gasteiger partial charge on any atom is 0.384 e. The number of ether oxygens (including phenoxy) is 1. The molecule has 34 heavy (non-hydrogen) atoms. The van der Waals surface area contributed by atoms with Crippen molar-refractivity contribution in [3.8, 4) is 11.8 Å². The zero-order valence-corrected chi connectivity index (χ0v) is 24.1. The molecular weight excluding hydrogens is 444 g/mol. The lowest BCUT2D eigenvalue weighted by atomic mass is 9.65. The minimum absolute atomic E-state index is 0.0113. The fourth-order valence-electron chi connectivity index (χ4n) is 5.23. The Morgan fingerprint density at radius 1 is 1.26 bits per heavy atom. The number of allylic oxidation sites excluding steroid dienone is 3. The molecule has 0 aliphatic heterocycles. The third-order valence-electron chi connectivity index (χ3n) is 7.93. The van der Waals surface area contributed by atoms with E-state index < -0.39 is 43.9 Å². The van der Waals surface area contributed by atoms with Crippen molar-refractivity contribution < 1.29 is 24.2 Å². The van der Waals surface area contributed by atoms with Crippen LogP contribution in [0.2, 0.25) is 18.1 Å². The molecule has 0 saturated heterocycles. The van der Waals surface area contributed by atoms with E-state index in [9.17, 15) is 15.0 Å². The van der Waals surface area contributed by atoms with Crippen molar-refractivity contribution in [2.75, 3.05) is 6.61 Å². The van der Waals surface area contributed by atoms with Crippen LogP contribution >= 0.6 is 0 Å². The summed E-state index contributed by atoms with van der Waals surface area (Å²) in [5.74, 6) is 4.08. The standard InChI is InChI=1S/C28H48O5Si/c1-12-14-20(5)17-18-28(9)23(19(3)4)26(33-34(10,11)27(6,7)8)25(31)24(28)21(29)15-16-22(30)32-13-2/h12,14,19,21,23-26,29,31H,1,13,17-18H2,2-11H3/b20-14+/t21?,23-,24?,25?,26-,28+/m0/s1. The van der Waals surface area contributed by atoms with Crippen molar-refractivity contribution in [1.29, 1.82) is 0 Å². The molecule has 194 valence electrons. The number of carbonyl (C=O) groups excluding carboxylic acids is 1. The monoisotopic (exact) mass is 492 g/mol. The molecular formula is C28H48O5Si. The maximum absolute atomic E-state index is 11.8. The SMILES string of the molecule is C=C/C=C(\C)CC[C@@]1(C)C(C(O)C#CC(=O)OCC)C(O)[C@@H](O[Si](C)(C)C(C)(C)C)[C@@H]1C(C)C. The van der Waals surface area contributed by atoms with Gasteiger partial charge in [0, 0.05) is 11.8 Å². The summed E-state index contributed by atoms with van der Waals surface area (Å²) < 4.78 is 11.8. The Hall–Kier alpha value is -1.39. The summed E-state index contributed by atoms with van der Waals surface area (Å²) in [5, 5.41) is 22.8. The lowest BCUT2D eigenvalue weighted by Gasteiger charge is -2.44. The first-order chi connectivity index (χ1) is 15.5. The quantitative estimate of drug-likeness (QED) is 0.146. The Bertz CT molecular complexity index is 798. The number of esters is 1. The van der Waals surface area contributed by atoms with E-state index in [1.165, 1.54) is 5.57 Å². The van der Waals surface area contributed by atoms with Crippen LogP contribution < -0.4 is 0 Å². The molecule has 0 spiro atoms. The summed E-state index contributed by atoms with van der Waals surface area (Å²) >= 11 is 0. The van der Waals surface area contributed by atoms with E-state index in [1.807, 2.05) is 6.08 Å². The van der Waals surface area contributed by atoms with Gasteiger partial charge in [-0.15, -0.1) is 0 Å². The molecule has 1 rings (SSSR count). The van der Waals surface area contributed by atoms with Crippen LogP contribution in [-0.4, -0.2) is 49.4 Å². The molecule has 3 unspecified atom stereocenters. The summed E-state index contributed by atoms with van der Waals surface area (Å²) in [6, 6.07) is 0. The molecule has 6 atom stereocenters. The average Bonchev–Trinajstić information content (AvgIpc) is 2.90. The van der Waals surface area contributed by atoms with Gasteiger partial charge in [-0.25, -0.2) is 4.79 Å². The molecule has 1 aliphatic carbocycles. The van der Waals surface area contributed by atoms with E-state index in [-0.39, 0.29) is 23.5 Å². The van der Waals surface area contributed by atoms with E-state index >= 15 is 0 Å². The number of rotatable bonds is 9. The molecule has 0 aromatic rings. The zero-order chi connectivity index (χ0) is 26.5. The minimum Gasteiger partial charge on any atom is -0.456 e. The maximum atomic E-state index is 11.8. The summed E-state index contributed by atoms with van der Waals surface area (Å²) in [5.41, 5.74) is 0.729. The van der Waals surface area contributed by atoms with Gasteiger partial charge in [0.15, 0.2) is 8.32 Å². The first-order valence-electron chi connectivity index (χ1n) is 12.5. The van der Waals surface area contributed by atoms with Gasteiger partial charge in [0.1, 0.15) is 6.10 Å². The Morgan fingerprint density at radius 2 is 1.85 bits per heavy atom. The van der Waals surface area contributed by atoms with Crippen LogP contribution in [0.25, 0.3) is 0 Å². The van der Waals surface area contributed by atoms with Gasteiger partial charge in [-0.2, -0.15) is 0 Å². The van der Waals surface area contributed by atoms with E-state index in [1.54, 1.807) is 13.0 Å². The topological polar surface area (TPSA) is 76.0 Å². The smallest absolute Gasteiger partial charge is 0.384 e. The highest BCUT2D eigenvalue weighted by molar-refractivity contribution is 6.74. The van der Waals surface area contributed by atoms with Gasteiger partial charge in [-0.1, -0.05) is 71.8 Å². The van der Waals surface area contributed by atoms with Crippen molar-refractivity contribution in [1.82, 2.24) is 0 Å². The minimum atomic E-state index is -2.21. The lowest BCUT2D eigenvalue weighted by molar-refractivity contribution is -0.136. The zero-order valence-electron chi connectivity index (χ0n) is 23.1. The number of hydrogen-bond donors (Lipinski definition) is 2. The third-order valence-corrected chi connectivity index (χ3v) is 12.4. The van der Waals surface area contributed by atoms with Gasteiger partial charge in [-0.3, -0.25) is 0 Å². The number of hydrogen-bond acceptors (Lipinski definition) is 5. The Morgan fingerprint density at radius 3 is 2.32 bits per heavy atom. The second-order valence-corrected chi connectivity index (χ2v) is 16.6. The van der Waals surface area contributed by atoms with Crippen LogP contribution in [-0.2, 0) is 14.0 Å². The molecule has 0 aromatic heterocycles. The number of aliphatic hydroxyl groups is 2. The fraction of sp³-hybridized carbons (Fsp3) is 0.750.